The number of rotatable bonds is 7. The van der Waals surface area contributed by atoms with E-state index in [0.717, 1.165) is 24.0 Å². The lowest BCUT2D eigenvalue weighted by atomic mass is 10.0. The van der Waals surface area contributed by atoms with Crippen LogP contribution in [0.15, 0.2) is 70.3 Å². The molecule has 0 bridgehead atoms. The van der Waals surface area contributed by atoms with Gasteiger partial charge in [0.1, 0.15) is 0 Å². The number of amides is 1. The monoisotopic (exact) mass is 365 g/mol. The molecule has 0 aliphatic heterocycles. The van der Waals surface area contributed by atoms with Gasteiger partial charge in [0.05, 0.1) is 11.8 Å². The summed E-state index contributed by atoms with van der Waals surface area (Å²) in [6.07, 6.45) is 2.33. The Bertz CT molecular complexity index is 863. The second kappa shape index (κ2) is 7.74. The molecule has 132 valence electrons. The van der Waals surface area contributed by atoms with Crippen molar-refractivity contribution in [2.24, 2.45) is 5.92 Å². The molecule has 1 aromatic heterocycles. The zero-order chi connectivity index (χ0) is 17.8. The van der Waals surface area contributed by atoms with E-state index in [0.29, 0.717) is 17.0 Å². The lowest BCUT2D eigenvalue weighted by Crippen LogP contribution is -2.31. The average Bonchev–Trinajstić information content (AvgIpc) is 3.42. The van der Waals surface area contributed by atoms with Crippen LogP contribution in [0.5, 0.6) is 0 Å². The Balaban J connectivity index is 1.35. The first-order valence-corrected chi connectivity index (χ1v) is 9.64. The van der Waals surface area contributed by atoms with Crippen LogP contribution in [0, 0.1) is 5.92 Å². The number of nitrogens with one attached hydrogen (secondary N) is 1. The Morgan fingerprint density at radius 1 is 1.08 bits per heavy atom. The van der Waals surface area contributed by atoms with Gasteiger partial charge in [-0.15, -0.1) is 10.2 Å². The van der Waals surface area contributed by atoms with Gasteiger partial charge in [0, 0.05) is 5.56 Å². The molecule has 1 aliphatic carbocycles. The number of carbonyl (C=O) groups is 1. The molecule has 0 radical (unpaired) electrons. The van der Waals surface area contributed by atoms with Gasteiger partial charge in [-0.1, -0.05) is 60.3 Å². The van der Waals surface area contributed by atoms with Crippen LogP contribution >= 0.6 is 11.8 Å². The Morgan fingerprint density at radius 3 is 2.46 bits per heavy atom. The summed E-state index contributed by atoms with van der Waals surface area (Å²) in [4.78, 5) is 12.4. The largest absolute Gasteiger partial charge is 0.411 e. The van der Waals surface area contributed by atoms with Crippen molar-refractivity contribution in [2.45, 2.75) is 24.1 Å². The van der Waals surface area contributed by atoms with Crippen LogP contribution in [0.3, 0.4) is 0 Å². The van der Waals surface area contributed by atoms with Gasteiger partial charge in [-0.25, -0.2) is 0 Å². The molecule has 1 heterocycles. The lowest BCUT2D eigenvalue weighted by Gasteiger charge is -2.18. The van der Waals surface area contributed by atoms with Gasteiger partial charge in [0.15, 0.2) is 0 Å². The quantitative estimate of drug-likeness (QED) is 0.639. The number of aromatic nitrogens is 2. The number of carbonyl (C=O) groups excluding carboxylic acids is 1. The third kappa shape index (κ3) is 4.14. The first kappa shape index (κ1) is 16.8. The van der Waals surface area contributed by atoms with Gasteiger partial charge in [-0.3, -0.25) is 4.79 Å². The molecule has 1 amide bonds. The fourth-order valence-electron chi connectivity index (χ4n) is 2.87. The van der Waals surface area contributed by atoms with Crippen molar-refractivity contribution in [3.63, 3.8) is 0 Å². The summed E-state index contributed by atoms with van der Waals surface area (Å²) in [6, 6.07) is 19.8. The maximum atomic E-state index is 12.4. The molecule has 5 nitrogen and oxygen atoms in total. The van der Waals surface area contributed by atoms with Gasteiger partial charge < -0.3 is 9.73 Å². The van der Waals surface area contributed by atoms with E-state index in [1.165, 1.54) is 11.8 Å². The summed E-state index contributed by atoms with van der Waals surface area (Å²) in [5.41, 5.74) is 2.03. The van der Waals surface area contributed by atoms with Crippen molar-refractivity contribution < 1.29 is 9.21 Å². The molecule has 1 fully saturated rings. The molecule has 1 N–H and O–H groups in total. The van der Waals surface area contributed by atoms with Crippen LogP contribution in [0.25, 0.3) is 11.5 Å². The Labute approximate surface area is 156 Å². The number of benzene rings is 2. The molecule has 4 rings (SSSR count). The maximum absolute atomic E-state index is 12.4. The van der Waals surface area contributed by atoms with Crippen molar-refractivity contribution >= 4 is 17.7 Å². The van der Waals surface area contributed by atoms with Crippen LogP contribution in [0.4, 0.5) is 0 Å². The fraction of sp³-hybridized carbons (Fsp3) is 0.250. The van der Waals surface area contributed by atoms with E-state index < -0.39 is 0 Å². The van der Waals surface area contributed by atoms with Gasteiger partial charge in [0.2, 0.25) is 11.8 Å². The normalized spacial score (nSPS) is 14.8. The third-order valence-corrected chi connectivity index (χ3v) is 5.14. The average molecular weight is 365 g/mol. The molecule has 1 aliphatic rings. The second-order valence-corrected chi connectivity index (χ2v) is 7.25. The maximum Gasteiger partial charge on any atom is 0.277 e. The van der Waals surface area contributed by atoms with E-state index in [1.807, 2.05) is 48.5 Å². The summed E-state index contributed by atoms with van der Waals surface area (Å²) < 4.78 is 5.63. The lowest BCUT2D eigenvalue weighted by molar-refractivity contribution is -0.119. The number of hydrogen-bond acceptors (Lipinski definition) is 5. The van der Waals surface area contributed by atoms with Crippen LogP contribution < -0.4 is 5.32 Å². The molecule has 0 spiro atoms. The molecule has 1 unspecified atom stereocenters. The molecule has 26 heavy (non-hydrogen) atoms. The number of nitrogens with zero attached hydrogens (tertiary/aromatic N) is 2. The van der Waals surface area contributed by atoms with Crippen molar-refractivity contribution in [1.82, 2.24) is 15.5 Å². The fourth-order valence-corrected chi connectivity index (χ4v) is 3.45. The van der Waals surface area contributed by atoms with E-state index in [2.05, 4.69) is 27.6 Å². The van der Waals surface area contributed by atoms with Gasteiger partial charge in [-0.05, 0) is 36.5 Å². The summed E-state index contributed by atoms with van der Waals surface area (Å²) in [5.74, 6) is 1.25. The number of thioether (sulfide) groups is 1. The molecule has 1 atom stereocenters. The zero-order valence-electron chi connectivity index (χ0n) is 14.2. The van der Waals surface area contributed by atoms with E-state index in [9.17, 15) is 4.79 Å². The highest BCUT2D eigenvalue weighted by Gasteiger charge is 2.33. The molecule has 3 aromatic rings. The predicted octanol–water partition coefficient (Wildman–Crippen LogP) is 4.10. The Hall–Kier alpha value is -2.60. The second-order valence-electron chi connectivity index (χ2n) is 6.32. The standard InChI is InChI=1S/C20H19N3O2S/c24-17(21-18(15-11-12-15)14-7-3-1-4-8-14)13-26-20-23-22-19(25-20)16-9-5-2-6-10-16/h1-10,15,18H,11-13H2,(H,21,24). The van der Waals surface area contributed by atoms with Crippen LogP contribution in [0.2, 0.25) is 0 Å². The van der Waals surface area contributed by atoms with Gasteiger partial charge >= 0.3 is 0 Å². The van der Waals surface area contributed by atoms with Crippen LogP contribution in [-0.4, -0.2) is 21.9 Å². The van der Waals surface area contributed by atoms with Crippen molar-refractivity contribution in [3.05, 3.63) is 66.2 Å². The van der Waals surface area contributed by atoms with Gasteiger partial charge in [-0.2, -0.15) is 0 Å². The topological polar surface area (TPSA) is 68.0 Å². The molecule has 1 saturated carbocycles. The Morgan fingerprint density at radius 2 is 1.77 bits per heavy atom. The highest BCUT2D eigenvalue weighted by molar-refractivity contribution is 7.99. The van der Waals surface area contributed by atoms with Crippen molar-refractivity contribution in [3.8, 4) is 11.5 Å². The molecule has 2 aromatic carbocycles. The first-order valence-electron chi connectivity index (χ1n) is 8.65. The smallest absolute Gasteiger partial charge is 0.277 e. The van der Waals surface area contributed by atoms with E-state index in [-0.39, 0.29) is 17.7 Å². The SMILES string of the molecule is O=C(CSc1nnc(-c2ccccc2)o1)NC(c1ccccc1)C1CC1. The minimum Gasteiger partial charge on any atom is -0.411 e. The molecular weight excluding hydrogens is 346 g/mol. The van der Waals surface area contributed by atoms with Gasteiger partial charge in [0.25, 0.3) is 5.22 Å². The third-order valence-electron chi connectivity index (χ3n) is 4.32. The highest BCUT2D eigenvalue weighted by atomic mass is 32.2. The van der Waals surface area contributed by atoms with Crippen LogP contribution in [0.1, 0.15) is 24.4 Å². The number of hydrogen-bond donors (Lipinski definition) is 1. The summed E-state index contributed by atoms with van der Waals surface area (Å²) in [6.45, 7) is 0. The van der Waals surface area contributed by atoms with E-state index in [1.54, 1.807) is 0 Å². The van der Waals surface area contributed by atoms with E-state index >= 15 is 0 Å². The molecular formula is C20H19N3O2S. The minimum absolute atomic E-state index is 0.0183. The van der Waals surface area contributed by atoms with Crippen molar-refractivity contribution in [2.75, 3.05) is 5.75 Å². The van der Waals surface area contributed by atoms with Crippen LogP contribution in [-0.2, 0) is 4.79 Å². The highest BCUT2D eigenvalue weighted by Crippen LogP contribution is 2.41. The van der Waals surface area contributed by atoms with Crippen molar-refractivity contribution in [1.29, 1.82) is 0 Å². The zero-order valence-corrected chi connectivity index (χ0v) is 15.0. The summed E-state index contributed by atoms with van der Waals surface area (Å²) >= 11 is 1.26. The Kier molecular flexibility index (Phi) is 5.02. The van der Waals surface area contributed by atoms with E-state index in [4.69, 9.17) is 4.42 Å². The minimum atomic E-state index is -0.0183. The first-order chi connectivity index (χ1) is 12.8. The molecule has 0 saturated heterocycles. The summed E-state index contributed by atoms with van der Waals surface area (Å²) in [5, 5.41) is 11.6. The molecule has 6 heteroatoms. The predicted molar refractivity (Wildman–Crippen MR) is 101 cm³/mol. The summed E-state index contributed by atoms with van der Waals surface area (Å²) in [7, 11) is 0.